The Morgan fingerprint density at radius 2 is 1.23 bits per heavy atom. The third kappa shape index (κ3) is 12.9. The summed E-state index contributed by atoms with van der Waals surface area (Å²) in [5.41, 5.74) is 5.93. The van der Waals surface area contributed by atoms with Crippen LogP contribution < -0.4 is 32.3 Å². The van der Waals surface area contributed by atoms with E-state index >= 15 is 0 Å². The van der Waals surface area contributed by atoms with Crippen molar-refractivity contribution >= 4 is 41.5 Å². The maximum absolute atomic E-state index is 12.6. The van der Waals surface area contributed by atoms with Gasteiger partial charge in [0.05, 0.1) is 25.6 Å². The molecule has 0 spiro atoms. The fourth-order valence-corrected chi connectivity index (χ4v) is 3.38. The Kier molecular flexibility index (Phi) is 16.1. The van der Waals surface area contributed by atoms with Crippen molar-refractivity contribution in [3.05, 3.63) is 0 Å². The van der Waals surface area contributed by atoms with Crippen molar-refractivity contribution in [2.75, 3.05) is 13.1 Å². The highest BCUT2D eigenvalue weighted by Gasteiger charge is 2.31. The average Bonchev–Trinajstić information content (AvgIpc) is 2.89. The largest absolute Gasteiger partial charge is 0.481 e. The summed E-state index contributed by atoms with van der Waals surface area (Å²) in [6.45, 7) is 9.46. The van der Waals surface area contributed by atoms with E-state index < -0.39 is 91.1 Å². The summed E-state index contributed by atoms with van der Waals surface area (Å²) in [7, 11) is 0. The highest BCUT2D eigenvalue weighted by Crippen LogP contribution is 2.10. The van der Waals surface area contributed by atoms with E-state index in [9.17, 15) is 33.6 Å². The van der Waals surface area contributed by atoms with Gasteiger partial charge in [0.25, 0.3) is 0 Å². The number of nitrogens with one attached hydrogen (secondary N) is 5. The standard InChI is InChI=1S/C25H44N6O9/c1-7-13(5)19(26)22(36)31-20(12(3)4)23(37)28-10-16(32)27-11-17(33)30-21(14(6)8-2)24(38)29-15(25(39)40)9-18(34)35/h12-15,19-21H,7-11,26H2,1-6H3,(H,27,32)(H,28,37)(H,29,38)(H,30,33)(H,31,36)(H,34,35)(H,39,40)/t13-,14-,15-,19-,20-,21-/m0/s1. The number of hydrogen-bond donors (Lipinski definition) is 8. The van der Waals surface area contributed by atoms with Gasteiger partial charge < -0.3 is 42.5 Å². The zero-order chi connectivity index (χ0) is 31.2. The predicted octanol–water partition coefficient (Wildman–Crippen LogP) is -1.69. The lowest BCUT2D eigenvalue weighted by Gasteiger charge is -2.25. The zero-order valence-electron chi connectivity index (χ0n) is 23.9. The molecule has 0 rings (SSSR count). The number of carboxylic acid groups (broad SMARTS) is 2. The molecular formula is C25H44N6O9. The van der Waals surface area contributed by atoms with Crippen LogP contribution in [0.15, 0.2) is 0 Å². The SMILES string of the molecule is CC[C@H](C)[C@H](N)C(=O)N[C@H](C(=O)NCC(=O)NCC(=O)N[C@H](C(=O)N[C@@H](CC(=O)O)C(=O)O)[C@@H](C)CC)C(C)C. The van der Waals surface area contributed by atoms with Gasteiger partial charge in [0.1, 0.15) is 18.1 Å². The summed E-state index contributed by atoms with van der Waals surface area (Å²) in [4.78, 5) is 84.4. The van der Waals surface area contributed by atoms with E-state index in [1.807, 2.05) is 13.8 Å². The number of amides is 5. The number of carboxylic acids is 2. The quantitative estimate of drug-likeness (QED) is 0.0925. The molecule has 228 valence electrons. The molecule has 0 heterocycles. The third-order valence-corrected chi connectivity index (χ3v) is 6.48. The Labute approximate surface area is 233 Å². The minimum absolute atomic E-state index is 0.0953. The van der Waals surface area contributed by atoms with Crippen LogP contribution in [0.3, 0.4) is 0 Å². The van der Waals surface area contributed by atoms with Crippen LogP contribution in [0.1, 0.15) is 60.8 Å². The topological polar surface area (TPSA) is 246 Å². The lowest BCUT2D eigenvalue weighted by molar-refractivity contribution is -0.147. The van der Waals surface area contributed by atoms with Gasteiger partial charge in [-0.25, -0.2) is 4.79 Å². The van der Waals surface area contributed by atoms with Crippen molar-refractivity contribution in [2.24, 2.45) is 23.5 Å². The van der Waals surface area contributed by atoms with Crippen molar-refractivity contribution in [3.63, 3.8) is 0 Å². The Bertz CT molecular complexity index is 926. The molecule has 0 bridgehead atoms. The summed E-state index contributed by atoms with van der Waals surface area (Å²) < 4.78 is 0. The molecule has 40 heavy (non-hydrogen) atoms. The highest BCUT2D eigenvalue weighted by atomic mass is 16.4. The molecule has 0 fully saturated rings. The van der Waals surface area contributed by atoms with Crippen molar-refractivity contribution in [1.29, 1.82) is 0 Å². The zero-order valence-corrected chi connectivity index (χ0v) is 23.9. The Balaban J connectivity index is 5.00. The average molecular weight is 573 g/mol. The lowest BCUT2D eigenvalue weighted by atomic mass is 9.97. The first kappa shape index (κ1) is 36.2. The van der Waals surface area contributed by atoms with Gasteiger partial charge in [-0.05, 0) is 17.8 Å². The number of hydrogen-bond acceptors (Lipinski definition) is 8. The van der Waals surface area contributed by atoms with Gasteiger partial charge in [0.15, 0.2) is 0 Å². The van der Waals surface area contributed by atoms with Gasteiger partial charge in [-0.1, -0.05) is 54.4 Å². The molecule has 0 radical (unpaired) electrons. The van der Waals surface area contributed by atoms with Crippen LogP contribution >= 0.6 is 0 Å². The van der Waals surface area contributed by atoms with E-state index in [4.69, 9.17) is 15.9 Å². The van der Waals surface area contributed by atoms with Gasteiger partial charge in [0.2, 0.25) is 29.5 Å². The molecule has 0 saturated carbocycles. The summed E-state index contributed by atoms with van der Waals surface area (Å²) >= 11 is 0. The highest BCUT2D eigenvalue weighted by molar-refractivity contribution is 5.94. The van der Waals surface area contributed by atoms with Crippen LogP contribution in [0.25, 0.3) is 0 Å². The number of nitrogens with two attached hydrogens (primary N) is 1. The van der Waals surface area contributed by atoms with Gasteiger partial charge in [0, 0.05) is 0 Å². The third-order valence-electron chi connectivity index (χ3n) is 6.48. The van der Waals surface area contributed by atoms with E-state index in [-0.39, 0.29) is 11.8 Å². The van der Waals surface area contributed by atoms with Gasteiger partial charge >= 0.3 is 11.9 Å². The molecule has 15 heteroatoms. The Hall–Kier alpha value is -3.75. The molecule has 0 aliphatic rings. The Morgan fingerprint density at radius 3 is 1.70 bits per heavy atom. The second-order valence-electron chi connectivity index (χ2n) is 10.1. The molecule has 0 aliphatic carbocycles. The van der Waals surface area contributed by atoms with Crippen LogP contribution in [0.4, 0.5) is 0 Å². The number of rotatable bonds is 18. The first-order chi connectivity index (χ1) is 18.5. The molecule has 5 amide bonds. The first-order valence-electron chi connectivity index (χ1n) is 13.2. The van der Waals surface area contributed by atoms with E-state index in [1.165, 1.54) is 0 Å². The maximum Gasteiger partial charge on any atom is 0.326 e. The number of aliphatic carboxylic acids is 2. The second-order valence-corrected chi connectivity index (χ2v) is 10.1. The van der Waals surface area contributed by atoms with E-state index in [2.05, 4.69) is 26.6 Å². The van der Waals surface area contributed by atoms with E-state index in [1.54, 1.807) is 27.7 Å². The molecule has 15 nitrogen and oxygen atoms in total. The molecule has 0 aromatic carbocycles. The summed E-state index contributed by atoms with van der Waals surface area (Å²) in [6.07, 6.45) is 0.247. The number of carbonyl (C=O) groups excluding carboxylic acids is 5. The monoisotopic (exact) mass is 572 g/mol. The molecule has 0 aromatic rings. The fraction of sp³-hybridized carbons (Fsp3) is 0.720. The number of carbonyl (C=O) groups is 7. The maximum atomic E-state index is 12.6. The fourth-order valence-electron chi connectivity index (χ4n) is 3.38. The van der Waals surface area contributed by atoms with Crippen LogP contribution in [0, 0.1) is 17.8 Å². The minimum Gasteiger partial charge on any atom is -0.481 e. The van der Waals surface area contributed by atoms with Gasteiger partial charge in [-0.2, -0.15) is 0 Å². The Morgan fingerprint density at radius 1 is 0.675 bits per heavy atom. The van der Waals surface area contributed by atoms with E-state index in [0.717, 1.165) is 0 Å². The summed E-state index contributed by atoms with van der Waals surface area (Å²) in [5.74, 6) is -7.28. The molecule has 0 unspecified atom stereocenters. The molecular weight excluding hydrogens is 528 g/mol. The van der Waals surface area contributed by atoms with Crippen LogP contribution in [0.2, 0.25) is 0 Å². The predicted molar refractivity (Wildman–Crippen MR) is 143 cm³/mol. The van der Waals surface area contributed by atoms with Crippen LogP contribution in [-0.2, 0) is 33.6 Å². The summed E-state index contributed by atoms with van der Waals surface area (Å²) in [5, 5.41) is 29.8. The van der Waals surface area contributed by atoms with Gasteiger partial charge in [-0.3, -0.25) is 28.8 Å². The normalized spacial score (nSPS) is 15.4. The van der Waals surface area contributed by atoms with Crippen LogP contribution in [0.5, 0.6) is 0 Å². The minimum atomic E-state index is -1.69. The molecule has 0 saturated heterocycles. The molecule has 0 aromatic heterocycles. The molecule has 0 aliphatic heterocycles. The van der Waals surface area contributed by atoms with Crippen molar-refractivity contribution in [3.8, 4) is 0 Å². The summed E-state index contributed by atoms with van der Waals surface area (Å²) in [6, 6.07) is -4.62. The lowest BCUT2D eigenvalue weighted by Crippen LogP contribution is -2.56. The first-order valence-corrected chi connectivity index (χ1v) is 13.2. The molecule has 9 N–H and O–H groups in total. The molecule has 6 atom stereocenters. The second kappa shape index (κ2) is 17.8. The van der Waals surface area contributed by atoms with E-state index in [0.29, 0.717) is 12.8 Å². The van der Waals surface area contributed by atoms with Crippen LogP contribution in [-0.4, -0.2) is 88.9 Å². The van der Waals surface area contributed by atoms with Gasteiger partial charge in [-0.15, -0.1) is 0 Å². The van der Waals surface area contributed by atoms with Crippen molar-refractivity contribution < 1.29 is 43.8 Å². The van der Waals surface area contributed by atoms with Crippen molar-refractivity contribution in [1.82, 2.24) is 26.6 Å². The van der Waals surface area contributed by atoms with Crippen molar-refractivity contribution in [2.45, 2.75) is 85.0 Å². The smallest absolute Gasteiger partial charge is 0.326 e.